The van der Waals surface area contributed by atoms with Crippen molar-refractivity contribution in [1.29, 1.82) is 0 Å². The van der Waals surface area contributed by atoms with Crippen molar-refractivity contribution >= 4 is 0 Å². The van der Waals surface area contributed by atoms with E-state index in [2.05, 4.69) is 37.5 Å². The van der Waals surface area contributed by atoms with Crippen molar-refractivity contribution < 1.29 is 55.2 Å². The Morgan fingerprint density at radius 2 is 1.32 bits per heavy atom. The van der Waals surface area contributed by atoms with E-state index < -0.39 is 29.4 Å². The van der Waals surface area contributed by atoms with Gasteiger partial charge in [-0.05, 0) is 35.9 Å². The molecule has 0 atom stereocenters. The van der Waals surface area contributed by atoms with Gasteiger partial charge in [-0.25, -0.2) is 8.78 Å². The molecule has 0 aliphatic rings. The minimum absolute atomic E-state index is 0. The fraction of sp³-hybridized carbons (Fsp3) is 0.161. The minimum atomic E-state index is -4.52. The zero-order valence-electron chi connectivity index (χ0n) is 24.1. The fourth-order valence-corrected chi connectivity index (χ4v) is 3.83. The molecule has 0 spiro atoms. The van der Waals surface area contributed by atoms with Gasteiger partial charge in [-0.2, -0.15) is 54.2 Å². The van der Waals surface area contributed by atoms with Crippen LogP contribution >= 0.6 is 0 Å². The van der Waals surface area contributed by atoms with E-state index >= 15 is 0 Å². The first-order valence-corrected chi connectivity index (χ1v) is 13.2. The van der Waals surface area contributed by atoms with Crippen LogP contribution in [-0.2, 0) is 45.5 Å². The van der Waals surface area contributed by atoms with Gasteiger partial charge in [0.15, 0.2) is 0 Å². The van der Waals surface area contributed by atoms with E-state index in [1.165, 1.54) is 29.3 Å². The van der Waals surface area contributed by atoms with Crippen molar-refractivity contribution in [2.75, 3.05) is 0 Å². The standard InChI is InChI=1S/C11H7F4N2.C11H10FN2.C9H5F3N3.Ir/c12-9-2-3-10(11(13,14)15)8(6-9)7-17-5-1-4-16-17;1-9-3-4-11(12)7-10(9)8-14-6-2-5-13-14;10-9(11,12)8-5-7(14-15-8)6-3-1-2-4-13-6;/h1-5H,7H2;2-6H,8H2,1H3;1-5H;/q3*-1;+3. The Morgan fingerprint density at radius 1 is 0.723 bits per heavy atom. The molecule has 4 heterocycles. The van der Waals surface area contributed by atoms with E-state index in [4.69, 9.17) is 0 Å². The Balaban J connectivity index is 0.000000190. The number of hydrogen-bond acceptors (Lipinski definition) is 4. The molecule has 0 aliphatic carbocycles. The maximum Gasteiger partial charge on any atom is 3.00 e. The van der Waals surface area contributed by atoms with Gasteiger partial charge in [0.1, 0.15) is 5.69 Å². The Kier molecular flexibility index (Phi) is 12.7. The summed E-state index contributed by atoms with van der Waals surface area (Å²) < 4.78 is 103. The molecule has 7 nitrogen and oxygen atoms in total. The molecule has 0 bridgehead atoms. The molecule has 0 saturated carbocycles. The monoisotopic (exact) mass is 837 g/mol. The van der Waals surface area contributed by atoms with Gasteiger partial charge in [-0.15, -0.1) is 35.4 Å². The normalized spacial score (nSPS) is 11.1. The van der Waals surface area contributed by atoms with Gasteiger partial charge >= 0.3 is 32.5 Å². The number of rotatable bonds is 5. The topological polar surface area (TPSA) is 75.5 Å². The quantitative estimate of drug-likeness (QED) is 0.136. The molecule has 2 aromatic carbocycles. The van der Waals surface area contributed by atoms with Crippen molar-refractivity contribution in [2.24, 2.45) is 0 Å². The number of benzene rings is 2. The van der Waals surface area contributed by atoms with Crippen LogP contribution < -0.4 is 5.10 Å². The second-order valence-corrected chi connectivity index (χ2v) is 9.40. The summed E-state index contributed by atoms with van der Waals surface area (Å²) in [5.74, 6) is -1.14. The van der Waals surface area contributed by atoms with E-state index in [1.54, 1.807) is 41.2 Å². The number of nitrogens with zero attached hydrogens (tertiary/aromatic N) is 7. The van der Waals surface area contributed by atoms with Crippen LogP contribution in [0.2, 0.25) is 0 Å². The molecule has 6 rings (SSSR count). The van der Waals surface area contributed by atoms with E-state index in [9.17, 15) is 35.1 Å². The first-order chi connectivity index (χ1) is 21.8. The molecule has 0 fully saturated rings. The Hall–Kier alpha value is -4.69. The van der Waals surface area contributed by atoms with Gasteiger partial charge in [0.05, 0.1) is 0 Å². The summed E-state index contributed by atoms with van der Waals surface area (Å²) >= 11 is 0. The molecule has 0 saturated heterocycles. The summed E-state index contributed by atoms with van der Waals surface area (Å²) in [6.07, 6.45) is -1.01. The molecular weight excluding hydrogens is 815 g/mol. The number of hydrogen-bond donors (Lipinski definition) is 0. The average Bonchev–Trinajstić information content (AvgIpc) is 3.79. The zero-order valence-corrected chi connectivity index (χ0v) is 26.5. The molecule has 4 aromatic heterocycles. The third-order valence-corrected chi connectivity index (χ3v) is 6.04. The molecule has 16 heteroatoms. The van der Waals surface area contributed by atoms with Gasteiger partial charge in [0.2, 0.25) is 0 Å². The van der Waals surface area contributed by atoms with E-state index in [0.717, 1.165) is 23.3 Å². The SMILES string of the molecule is Cc1ccc(F)[c-]c1Cn1cccn1.FC(F)(F)c1cc(-c2ccccn2)[n-]n1.Fc1[c-]c(Cn2cccn2)c(C(F)(F)F)cc1.[Ir+3]. The van der Waals surface area contributed by atoms with Crippen LogP contribution in [0.25, 0.3) is 11.4 Å². The van der Waals surface area contributed by atoms with Crippen molar-refractivity contribution in [1.82, 2.24) is 34.7 Å². The average molecular weight is 837 g/mol. The van der Waals surface area contributed by atoms with Crippen LogP contribution in [0.4, 0.5) is 35.1 Å². The molecule has 0 amide bonds. The van der Waals surface area contributed by atoms with E-state index in [0.29, 0.717) is 18.3 Å². The van der Waals surface area contributed by atoms with E-state index in [-0.39, 0.29) is 43.7 Å². The summed E-state index contributed by atoms with van der Waals surface area (Å²) in [6.45, 7) is 2.34. The van der Waals surface area contributed by atoms with Crippen molar-refractivity contribution in [3.05, 3.63) is 143 Å². The summed E-state index contributed by atoms with van der Waals surface area (Å²) in [4.78, 5) is 3.87. The van der Waals surface area contributed by atoms with Crippen LogP contribution in [0.5, 0.6) is 0 Å². The van der Waals surface area contributed by atoms with Gasteiger partial charge in [-0.3, -0.25) is 14.3 Å². The maximum absolute atomic E-state index is 12.9. The summed E-state index contributed by atoms with van der Waals surface area (Å²) in [5.41, 5.74) is 0.220. The second kappa shape index (κ2) is 16.2. The molecule has 6 aromatic rings. The number of halogens is 8. The van der Waals surface area contributed by atoms with Gasteiger partial charge in [-0.1, -0.05) is 18.7 Å². The maximum atomic E-state index is 12.9. The smallest absolute Gasteiger partial charge is 0.573 e. The van der Waals surface area contributed by atoms with Crippen LogP contribution in [0.15, 0.2) is 91.6 Å². The third-order valence-electron chi connectivity index (χ3n) is 6.04. The van der Waals surface area contributed by atoms with Crippen LogP contribution in [0, 0.1) is 30.7 Å². The first-order valence-electron chi connectivity index (χ1n) is 13.2. The van der Waals surface area contributed by atoms with E-state index in [1.807, 2.05) is 19.2 Å². The molecule has 0 radical (unpaired) electrons. The molecule has 0 unspecified atom stereocenters. The zero-order chi connectivity index (χ0) is 33.3. The number of aromatic nitrogens is 7. The number of aryl methyl sites for hydroxylation is 1. The Labute approximate surface area is 276 Å². The molecule has 0 aliphatic heterocycles. The Morgan fingerprint density at radius 3 is 1.83 bits per heavy atom. The molecule has 246 valence electrons. The van der Waals surface area contributed by atoms with Crippen LogP contribution in [0.3, 0.4) is 0 Å². The van der Waals surface area contributed by atoms with Crippen molar-refractivity contribution in [2.45, 2.75) is 32.4 Å². The van der Waals surface area contributed by atoms with Gasteiger partial charge in [0.25, 0.3) is 0 Å². The number of alkyl halides is 6. The van der Waals surface area contributed by atoms with Crippen LogP contribution in [0.1, 0.15) is 27.9 Å². The second-order valence-electron chi connectivity index (χ2n) is 9.40. The van der Waals surface area contributed by atoms with Crippen molar-refractivity contribution in [3.8, 4) is 11.4 Å². The summed E-state index contributed by atoms with van der Waals surface area (Å²) in [6, 6.07) is 18.6. The molecular formula is C31H22F8IrN7. The largest absolute Gasteiger partial charge is 3.00 e. The summed E-state index contributed by atoms with van der Waals surface area (Å²) in [5, 5.41) is 14.3. The minimum Gasteiger partial charge on any atom is -0.573 e. The first kappa shape index (κ1) is 36.8. The fourth-order valence-electron chi connectivity index (χ4n) is 3.83. The summed E-state index contributed by atoms with van der Waals surface area (Å²) in [7, 11) is 0. The number of pyridine rings is 1. The predicted molar refractivity (Wildman–Crippen MR) is 149 cm³/mol. The molecule has 0 N–H and O–H groups in total. The van der Waals surface area contributed by atoms with Gasteiger partial charge < -0.3 is 10.2 Å². The van der Waals surface area contributed by atoms with Crippen LogP contribution in [-0.4, -0.2) is 29.6 Å². The Bertz CT molecular complexity index is 1800. The van der Waals surface area contributed by atoms with Crippen molar-refractivity contribution in [3.63, 3.8) is 0 Å². The molecule has 47 heavy (non-hydrogen) atoms. The predicted octanol–water partition coefficient (Wildman–Crippen LogP) is 7.19. The van der Waals surface area contributed by atoms with Gasteiger partial charge in [0, 0.05) is 61.4 Å². The third kappa shape index (κ3) is 11.0.